The van der Waals surface area contributed by atoms with Gasteiger partial charge in [-0.3, -0.25) is 9.59 Å². The van der Waals surface area contributed by atoms with Crippen molar-refractivity contribution < 1.29 is 14.3 Å². The van der Waals surface area contributed by atoms with Crippen LogP contribution in [0.15, 0.2) is 0 Å². The van der Waals surface area contributed by atoms with Gasteiger partial charge in [-0.25, -0.2) is 0 Å². The summed E-state index contributed by atoms with van der Waals surface area (Å²) in [6, 6.07) is 0.344. The maximum atomic E-state index is 12.9. The van der Waals surface area contributed by atoms with E-state index in [-0.39, 0.29) is 18.3 Å². The molecular weight excluding hydrogens is 328 g/mol. The minimum Gasteiger partial charge on any atom is -0.466 e. The van der Waals surface area contributed by atoms with Crippen LogP contribution in [0.3, 0.4) is 0 Å². The zero-order chi connectivity index (χ0) is 18.8. The Morgan fingerprint density at radius 3 is 2.46 bits per heavy atom. The Morgan fingerprint density at radius 2 is 1.81 bits per heavy atom. The minimum absolute atomic E-state index is 0.198. The molecule has 0 unspecified atom stereocenters. The lowest BCUT2D eigenvalue weighted by molar-refractivity contribution is -0.142. The maximum absolute atomic E-state index is 12.9. The standard InChI is InChI=1S/C21H30N2O3/c1-5-26-21(25)11-17-13(2)14(3)19-12-23(16-6-8-22-9-7-16)20(24)10-18(19)15(17)4/h16,22H,5-12H2,1-4H3. The fraction of sp³-hybridized carbons (Fsp3) is 0.619. The lowest BCUT2D eigenvalue weighted by Crippen LogP contribution is -2.48. The molecule has 0 bridgehead atoms. The molecule has 5 heteroatoms. The fourth-order valence-corrected chi connectivity index (χ4v) is 4.41. The van der Waals surface area contributed by atoms with E-state index in [0.29, 0.717) is 25.6 Å². The van der Waals surface area contributed by atoms with E-state index in [4.69, 9.17) is 4.74 Å². The number of carbonyl (C=O) groups is 2. The Bertz CT molecular complexity index is 721. The number of carbonyl (C=O) groups excluding carboxylic acids is 2. The van der Waals surface area contributed by atoms with Crippen LogP contribution in [-0.4, -0.2) is 42.5 Å². The number of esters is 1. The molecular formula is C21H30N2O3. The molecule has 1 aromatic rings. The van der Waals surface area contributed by atoms with Crippen LogP contribution < -0.4 is 5.32 Å². The van der Waals surface area contributed by atoms with Crippen LogP contribution >= 0.6 is 0 Å². The highest BCUT2D eigenvalue weighted by atomic mass is 16.5. The van der Waals surface area contributed by atoms with Gasteiger partial charge in [-0.15, -0.1) is 0 Å². The van der Waals surface area contributed by atoms with Gasteiger partial charge in [-0.05, 0) is 87.0 Å². The smallest absolute Gasteiger partial charge is 0.310 e. The Balaban J connectivity index is 1.94. The van der Waals surface area contributed by atoms with Gasteiger partial charge in [-0.1, -0.05) is 0 Å². The second kappa shape index (κ2) is 7.78. The summed E-state index contributed by atoms with van der Waals surface area (Å²) in [5.74, 6) is 0.0226. The van der Waals surface area contributed by atoms with Crippen molar-refractivity contribution in [1.29, 1.82) is 0 Å². The van der Waals surface area contributed by atoms with Crippen LogP contribution in [-0.2, 0) is 33.7 Å². The van der Waals surface area contributed by atoms with Crippen LogP contribution in [0.4, 0.5) is 0 Å². The van der Waals surface area contributed by atoms with E-state index in [1.807, 2.05) is 13.8 Å². The van der Waals surface area contributed by atoms with Crippen LogP contribution in [0.1, 0.15) is 53.1 Å². The van der Waals surface area contributed by atoms with E-state index < -0.39 is 0 Å². The molecule has 0 radical (unpaired) electrons. The SMILES string of the molecule is CCOC(=O)Cc1c(C)c(C)c2c(c1C)CC(=O)N(C1CCNCC1)C2. The van der Waals surface area contributed by atoms with Gasteiger partial charge in [0.25, 0.3) is 0 Å². The third-order valence-electron chi connectivity index (χ3n) is 6.09. The normalized spacial score (nSPS) is 18.0. The summed E-state index contributed by atoms with van der Waals surface area (Å²) >= 11 is 0. The third kappa shape index (κ3) is 3.50. The first-order chi connectivity index (χ1) is 12.4. The Hall–Kier alpha value is -1.88. The summed E-state index contributed by atoms with van der Waals surface area (Å²) in [5.41, 5.74) is 6.91. The summed E-state index contributed by atoms with van der Waals surface area (Å²) in [6.07, 6.45) is 2.78. The number of fused-ring (bicyclic) bond motifs is 1. The lowest BCUT2D eigenvalue weighted by atomic mass is 9.83. The summed E-state index contributed by atoms with van der Waals surface area (Å²) in [4.78, 5) is 27.0. The number of rotatable bonds is 4. The van der Waals surface area contributed by atoms with E-state index in [9.17, 15) is 9.59 Å². The average molecular weight is 358 g/mol. The largest absolute Gasteiger partial charge is 0.466 e. The highest BCUT2D eigenvalue weighted by Gasteiger charge is 2.32. The van der Waals surface area contributed by atoms with Crippen LogP contribution in [0, 0.1) is 20.8 Å². The molecule has 3 rings (SSSR count). The quantitative estimate of drug-likeness (QED) is 0.840. The van der Waals surface area contributed by atoms with Gasteiger partial charge in [0.2, 0.25) is 5.91 Å². The van der Waals surface area contributed by atoms with Gasteiger partial charge in [-0.2, -0.15) is 0 Å². The Kier molecular flexibility index (Phi) is 5.66. The maximum Gasteiger partial charge on any atom is 0.310 e. The van der Waals surface area contributed by atoms with Crippen molar-refractivity contribution in [2.45, 2.75) is 66.0 Å². The highest BCUT2D eigenvalue weighted by Crippen LogP contribution is 2.33. The van der Waals surface area contributed by atoms with Crippen LogP contribution in [0.25, 0.3) is 0 Å². The number of amides is 1. The van der Waals surface area contributed by atoms with Crippen molar-refractivity contribution in [1.82, 2.24) is 10.2 Å². The molecule has 1 N–H and O–H groups in total. The van der Waals surface area contributed by atoms with Crippen molar-refractivity contribution in [3.63, 3.8) is 0 Å². The number of nitrogens with one attached hydrogen (secondary N) is 1. The number of benzene rings is 1. The van der Waals surface area contributed by atoms with Crippen LogP contribution in [0.2, 0.25) is 0 Å². The summed E-state index contributed by atoms with van der Waals surface area (Å²) < 4.78 is 5.14. The van der Waals surface area contributed by atoms with Gasteiger partial charge in [0, 0.05) is 12.6 Å². The molecule has 0 atom stereocenters. The Morgan fingerprint density at radius 1 is 1.12 bits per heavy atom. The summed E-state index contributed by atoms with van der Waals surface area (Å²) in [7, 11) is 0. The molecule has 0 spiro atoms. The van der Waals surface area contributed by atoms with E-state index in [2.05, 4.69) is 24.1 Å². The molecule has 1 saturated heterocycles. The van der Waals surface area contributed by atoms with Crippen molar-refractivity contribution in [3.05, 3.63) is 33.4 Å². The van der Waals surface area contributed by atoms with Gasteiger partial charge in [0.15, 0.2) is 0 Å². The zero-order valence-electron chi connectivity index (χ0n) is 16.4. The van der Waals surface area contributed by atoms with Crippen molar-refractivity contribution in [2.24, 2.45) is 0 Å². The van der Waals surface area contributed by atoms with Crippen molar-refractivity contribution in [2.75, 3.05) is 19.7 Å². The van der Waals surface area contributed by atoms with Crippen molar-refractivity contribution >= 4 is 11.9 Å². The molecule has 1 amide bonds. The van der Waals surface area contributed by atoms with Crippen LogP contribution in [0.5, 0.6) is 0 Å². The first-order valence-corrected chi connectivity index (χ1v) is 9.70. The molecule has 0 aromatic heterocycles. The predicted molar refractivity (Wildman–Crippen MR) is 101 cm³/mol. The number of ether oxygens (including phenoxy) is 1. The first kappa shape index (κ1) is 18.9. The molecule has 0 saturated carbocycles. The topological polar surface area (TPSA) is 58.6 Å². The highest BCUT2D eigenvalue weighted by molar-refractivity contribution is 5.83. The molecule has 2 aliphatic heterocycles. The third-order valence-corrected chi connectivity index (χ3v) is 6.09. The number of hydrogen-bond donors (Lipinski definition) is 1. The van der Waals surface area contributed by atoms with Gasteiger partial charge in [0.05, 0.1) is 19.4 Å². The van der Waals surface area contributed by atoms with Gasteiger partial charge < -0.3 is 15.0 Å². The zero-order valence-corrected chi connectivity index (χ0v) is 16.4. The monoisotopic (exact) mass is 358 g/mol. The number of nitrogens with zero attached hydrogens (tertiary/aromatic N) is 1. The lowest BCUT2D eigenvalue weighted by Gasteiger charge is -2.39. The number of hydrogen-bond acceptors (Lipinski definition) is 4. The molecule has 142 valence electrons. The summed E-state index contributed by atoms with van der Waals surface area (Å²) in [5, 5.41) is 3.37. The molecule has 2 heterocycles. The van der Waals surface area contributed by atoms with E-state index in [1.54, 1.807) is 0 Å². The first-order valence-electron chi connectivity index (χ1n) is 9.70. The minimum atomic E-state index is -0.198. The second-order valence-corrected chi connectivity index (χ2v) is 7.47. The molecule has 1 fully saturated rings. The van der Waals surface area contributed by atoms with E-state index in [0.717, 1.165) is 48.2 Å². The summed E-state index contributed by atoms with van der Waals surface area (Å²) in [6.45, 7) is 11.1. The second-order valence-electron chi connectivity index (χ2n) is 7.47. The molecule has 0 aliphatic carbocycles. The molecule has 2 aliphatic rings. The average Bonchev–Trinajstić information content (AvgIpc) is 2.64. The van der Waals surface area contributed by atoms with E-state index in [1.165, 1.54) is 11.1 Å². The molecule has 26 heavy (non-hydrogen) atoms. The van der Waals surface area contributed by atoms with Crippen molar-refractivity contribution in [3.8, 4) is 0 Å². The fourth-order valence-electron chi connectivity index (χ4n) is 4.41. The van der Waals surface area contributed by atoms with Gasteiger partial charge in [0.1, 0.15) is 0 Å². The van der Waals surface area contributed by atoms with Gasteiger partial charge >= 0.3 is 5.97 Å². The van der Waals surface area contributed by atoms with E-state index >= 15 is 0 Å². The Labute approximate surface area is 156 Å². The molecule has 1 aromatic carbocycles. The predicted octanol–water partition coefficient (Wildman–Crippen LogP) is 2.35. The number of piperidine rings is 1. The molecule has 5 nitrogen and oxygen atoms in total.